The van der Waals surface area contributed by atoms with E-state index in [4.69, 9.17) is 4.74 Å². The Labute approximate surface area is 161 Å². The second kappa shape index (κ2) is 7.88. The zero-order chi connectivity index (χ0) is 18.6. The van der Waals surface area contributed by atoms with Gasteiger partial charge in [-0.1, -0.05) is 6.07 Å². The topological polar surface area (TPSA) is 51.2 Å². The Balaban J connectivity index is 1.39. The first-order valence-corrected chi connectivity index (χ1v) is 9.77. The van der Waals surface area contributed by atoms with Gasteiger partial charge in [-0.2, -0.15) is 0 Å². The van der Waals surface area contributed by atoms with E-state index < -0.39 is 5.82 Å². The Hall–Kier alpha value is -2.73. The highest BCUT2D eigenvalue weighted by Crippen LogP contribution is 2.29. The average molecular weight is 382 g/mol. The van der Waals surface area contributed by atoms with Crippen LogP contribution in [-0.2, 0) is 19.4 Å². The molecule has 2 aromatic heterocycles. The van der Waals surface area contributed by atoms with Crippen LogP contribution in [0.2, 0.25) is 0 Å². The maximum absolute atomic E-state index is 14.3. The van der Waals surface area contributed by atoms with Crippen molar-refractivity contribution in [1.29, 1.82) is 0 Å². The number of rotatable bonds is 5. The first-order chi connectivity index (χ1) is 13.2. The third-order valence-corrected chi connectivity index (χ3v) is 5.77. The van der Waals surface area contributed by atoms with Gasteiger partial charge in [0, 0.05) is 17.6 Å². The number of carbonyl (C=O) groups excluding carboxylic acids is 1. The van der Waals surface area contributed by atoms with Gasteiger partial charge in [0.2, 0.25) is 0 Å². The molecule has 3 aromatic rings. The number of nitrogens with one attached hydrogen (secondary N) is 1. The summed E-state index contributed by atoms with van der Waals surface area (Å²) in [5.41, 5.74) is 1.99. The van der Waals surface area contributed by atoms with E-state index in [1.165, 1.54) is 35.5 Å². The van der Waals surface area contributed by atoms with Crippen LogP contribution in [0.1, 0.15) is 38.5 Å². The Morgan fingerprint density at radius 1 is 1.22 bits per heavy atom. The quantitative estimate of drug-likeness (QED) is 0.684. The van der Waals surface area contributed by atoms with E-state index in [0.29, 0.717) is 11.3 Å². The van der Waals surface area contributed by atoms with Crippen molar-refractivity contribution in [2.24, 2.45) is 0 Å². The number of aromatic nitrogens is 1. The molecule has 0 atom stereocenters. The van der Waals surface area contributed by atoms with Crippen molar-refractivity contribution in [3.05, 3.63) is 75.5 Å². The van der Waals surface area contributed by atoms with Crippen LogP contribution in [0.25, 0.3) is 0 Å². The number of ether oxygens (including phenoxy) is 1. The maximum Gasteiger partial charge on any atom is 0.261 e. The molecule has 1 aromatic carbocycles. The van der Waals surface area contributed by atoms with Gasteiger partial charge in [-0.15, -0.1) is 11.3 Å². The minimum absolute atomic E-state index is 0.106. The van der Waals surface area contributed by atoms with Gasteiger partial charge >= 0.3 is 0 Å². The molecule has 0 bridgehead atoms. The molecule has 0 saturated heterocycles. The van der Waals surface area contributed by atoms with E-state index in [2.05, 4.69) is 10.3 Å². The highest BCUT2D eigenvalue weighted by atomic mass is 32.1. The zero-order valence-electron chi connectivity index (χ0n) is 14.7. The number of fused-ring (bicyclic) bond motifs is 1. The Bertz CT molecular complexity index is 933. The lowest BCUT2D eigenvalue weighted by molar-refractivity contribution is 0.0955. The monoisotopic (exact) mass is 382 g/mol. The molecule has 1 amide bonds. The summed E-state index contributed by atoms with van der Waals surface area (Å²) in [6.07, 6.45) is 7.66. The first-order valence-electron chi connectivity index (χ1n) is 8.95. The molecular weight excluding hydrogens is 363 g/mol. The minimum Gasteiger partial charge on any atom is -0.453 e. The van der Waals surface area contributed by atoms with Crippen molar-refractivity contribution < 1.29 is 13.9 Å². The summed E-state index contributed by atoms with van der Waals surface area (Å²) in [7, 11) is 0. The second-order valence-corrected chi connectivity index (χ2v) is 7.64. The second-order valence-electron chi connectivity index (χ2n) is 6.50. The molecule has 0 spiro atoms. The molecule has 27 heavy (non-hydrogen) atoms. The predicted molar refractivity (Wildman–Crippen MR) is 103 cm³/mol. The average Bonchev–Trinajstić information content (AvgIpc) is 3.13. The van der Waals surface area contributed by atoms with Gasteiger partial charge in [0.15, 0.2) is 11.6 Å². The summed E-state index contributed by atoms with van der Waals surface area (Å²) in [4.78, 5) is 18.4. The SMILES string of the molecule is O=C(NCc1ccc(Oc2cccnc2)c(F)c1)c1cc2c(s1)CCCC2. The minimum atomic E-state index is -0.475. The van der Waals surface area contributed by atoms with E-state index >= 15 is 0 Å². The van der Waals surface area contributed by atoms with Gasteiger partial charge in [-0.25, -0.2) is 4.39 Å². The summed E-state index contributed by atoms with van der Waals surface area (Å²) in [5, 5.41) is 2.87. The molecule has 0 aliphatic heterocycles. The van der Waals surface area contributed by atoms with Gasteiger partial charge in [0.05, 0.1) is 11.1 Å². The molecule has 0 unspecified atom stereocenters. The van der Waals surface area contributed by atoms with Crippen molar-refractivity contribution in [3.63, 3.8) is 0 Å². The number of aryl methyl sites for hydroxylation is 2. The number of carbonyl (C=O) groups is 1. The number of hydrogen-bond acceptors (Lipinski definition) is 4. The summed E-state index contributed by atoms with van der Waals surface area (Å²) in [6, 6.07) is 10.1. The van der Waals surface area contributed by atoms with Crippen molar-refractivity contribution in [2.75, 3.05) is 0 Å². The Morgan fingerprint density at radius 2 is 2.11 bits per heavy atom. The van der Waals surface area contributed by atoms with Gasteiger partial charge in [-0.3, -0.25) is 9.78 Å². The number of pyridine rings is 1. The van der Waals surface area contributed by atoms with Crippen molar-refractivity contribution in [3.8, 4) is 11.5 Å². The molecule has 2 heterocycles. The standard InChI is InChI=1S/C21H19FN2O2S/c22-17-10-14(7-8-18(17)26-16-5-3-9-23-13-16)12-24-21(25)20-11-15-4-1-2-6-19(15)27-20/h3,5,7-11,13H,1-2,4,6,12H2,(H,24,25). The van der Waals surface area contributed by atoms with E-state index in [9.17, 15) is 9.18 Å². The predicted octanol–water partition coefficient (Wildman–Crippen LogP) is 4.88. The fourth-order valence-electron chi connectivity index (χ4n) is 3.14. The van der Waals surface area contributed by atoms with Crippen LogP contribution in [-0.4, -0.2) is 10.9 Å². The van der Waals surface area contributed by atoms with Crippen LogP contribution in [0, 0.1) is 5.82 Å². The van der Waals surface area contributed by atoms with Crippen LogP contribution in [0.4, 0.5) is 4.39 Å². The van der Waals surface area contributed by atoms with Crippen molar-refractivity contribution in [2.45, 2.75) is 32.2 Å². The lowest BCUT2D eigenvalue weighted by Gasteiger charge is -2.08. The summed E-state index contributed by atoms with van der Waals surface area (Å²) in [5.74, 6) is 0.0193. The van der Waals surface area contributed by atoms with Crippen molar-refractivity contribution >= 4 is 17.2 Å². The van der Waals surface area contributed by atoms with E-state index in [0.717, 1.165) is 17.7 Å². The highest BCUT2D eigenvalue weighted by Gasteiger charge is 2.17. The third-order valence-electron chi connectivity index (χ3n) is 4.53. The number of halogens is 1. The number of amides is 1. The molecular formula is C21H19FN2O2S. The molecule has 6 heteroatoms. The van der Waals surface area contributed by atoms with Gasteiger partial charge in [0.1, 0.15) is 5.75 Å². The molecule has 1 aliphatic carbocycles. The third kappa shape index (κ3) is 4.17. The summed E-state index contributed by atoms with van der Waals surface area (Å²) in [6.45, 7) is 0.269. The molecule has 138 valence electrons. The lowest BCUT2D eigenvalue weighted by Crippen LogP contribution is -2.21. The van der Waals surface area contributed by atoms with E-state index in [1.54, 1.807) is 41.8 Å². The fourth-order valence-corrected chi connectivity index (χ4v) is 4.31. The van der Waals surface area contributed by atoms with Crippen LogP contribution in [0.15, 0.2) is 48.8 Å². The number of nitrogens with zero attached hydrogens (tertiary/aromatic N) is 1. The molecule has 4 rings (SSSR count). The Kier molecular flexibility index (Phi) is 5.16. The maximum atomic E-state index is 14.3. The fraction of sp³-hybridized carbons (Fsp3) is 0.238. The van der Waals surface area contributed by atoms with Crippen LogP contribution >= 0.6 is 11.3 Å². The molecule has 0 radical (unpaired) electrons. The number of benzene rings is 1. The normalized spacial score (nSPS) is 13.1. The lowest BCUT2D eigenvalue weighted by atomic mass is 9.99. The van der Waals surface area contributed by atoms with Crippen LogP contribution in [0.3, 0.4) is 0 Å². The summed E-state index contributed by atoms with van der Waals surface area (Å²) < 4.78 is 19.8. The van der Waals surface area contributed by atoms with E-state index in [-0.39, 0.29) is 18.2 Å². The smallest absolute Gasteiger partial charge is 0.261 e. The Morgan fingerprint density at radius 3 is 2.89 bits per heavy atom. The van der Waals surface area contributed by atoms with E-state index in [1.807, 2.05) is 6.07 Å². The zero-order valence-corrected chi connectivity index (χ0v) is 15.5. The van der Waals surface area contributed by atoms with Gasteiger partial charge in [0.25, 0.3) is 5.91 Å². The highest BCUT2D eigenvalue weighted by molar-refractivity contribution is 7.14. The molecule has 0 fully saturated rings. The summed E-state index contributed by atoms with van der Waals surface area (Å²) >= 11 is 1.57. The van der Waals surface area contributed by atoms with Crippen LogP contribution < -0.4 is 10.1 Å². The first kappa shape index (κ1) is 17.7. The van der Waals surface area contributed by atoms with Gasteiger partial charge in [-0.05, 0) is 67.1 Å². The molecule has 4 nitrogen and oxygen atoms in total. The molecule has 1 aliphatic rings. The number of hydrogen-bond donors (Lipinski definition) is 1. The van der Waals surface area contributed by atoms with Crippen LogP contribution in [0.5, 0.6) is 11.5 Å². The molecule has 0 saturated carbocycles. The largest absolute Gasteiger partial charge is 0.453 e. The van der Waals surface area contributed by atoms with Gasteiger partial charge < -0.3 is 10.1 Å². The van der Waals surface area contributed by atoms with Crippen molar-refractivity contribution in [1.82, 2.24) is 10.3 Å². The number of thiophene rings is 1. The molecule has 1 N–H and O–H groups in total.